The van der Waals surface area contributed by atoms with Gasteiger partial charge in [-0.1, -0.05) is 46.3 Å². The first-order chi connectivity index (χ1) is 13.3. The molecule has 3 aromatic rings. The molecule has 2 aromatic carbocycles. The third-order valence-electron chi connectivity index (χ3n) is 4.20. The maximum Gasteiger partial charge on any atom is 0.387 e. The molecule has 1 N–H and O–H groups in total. The Morgan fingerprint density at radius 1 is 1.21 bits per heavy atom. The van der Waals surface area contributed by atoms with Crippen LogP contribution in [0.1, 0.15) is 27.3 Å². The van der Waals surface area contributed by atoms with Crippen LogP contribution in [-0.2, 0) is 6.54 Å². The van der Waals surface area contributed by atoms with Crippen LogP contribution in [0.4, 0.5) is 14.5 Å². The van der Waals surface area contributed by atoms with Gasteiger partial charge in [0.25, 0.3) is 5.91 Å². The topological polar surface area (TPSA) is 56.2 Å². The minimum atomic E-state index is -3.02. The lowest BCUT2D eigenvalue weighted by atomic mass is 10.1. The monoisotopic (exact) mass is 449 g/mol. The number of amides is 1. The number of anilines is 1. The fourth-order valence-corrected chi connectivity index (χ4v) is 3.21. The van der Waals surface area contributed by atoms with Gasteiger partial charge in [-0.15, -0.1) is 0 Å². The predicted molar refractivity (Wildman–Crippen MR) is 106 cm³/mol. The van der Waals surface area contributed by atoms with E-state index < -0.39 is 12.5 Å². The second-order valence-corrected chi connectivity index (χ2v) is 7.08. The van der Waals surface area contributed by atoms with Crippen LogP contribution in [0, 0.1) is 13.8 Å². The second-order valence-electron chi connectivity index (χ2n) is 6.16. The summed E-state index contributed by atoms with van der Waals surface area (Å²) in [6, 6.07) is 14.1. The molecule has 0 saturated carbocycles. The van der Waals surface area contributed by atoms with E-state index in [2.05, 4.69) is 31.1 Å². The van der Waals surface area contributed by atoms with E-state index in [4.69, 9.17) is 0 Å². The average Bonchev–Trinajstić information content (AvgIpc) is 2.91. The third-order valence-corrected chi connectivity index (χ3v) is 4.69. The van der Waals surface area contributed by atoms with Crippen LogP contribution >= 0.6 is 15.9 Å². The van der Waals surface area contributed by atoms with Gasteiger partial charge in [-0.05, 0) is 37.6 Å². The van der Waals surface area contributed by atoms with Crippen molar-refractivity contribution in [3.63, 3.8) is 0 Å². The summed E-state index contributed by atoms with van der Waals surface area (Å²) in [7, 11) is 0. The van der Waals surface area contributed by atoms with Crippen molar-refractivity contribution in [2.45, 2.75) is 27.0 Å². The van der Waals surface area contributed by atoms with Gasteiger partial charge < -0.3 is 10.1 Å². The van der Waals surface area contributed by atoms with Gasteiger partial charge in [0.1, 0.15) is 5.75 Å². The smallest absolute Gasteiger partial charge is 0.387 e. The molecule has 0 fully saturated rings. The van der Waals surface area contributed by atoms with Gasteiger partial charge >= 0.3 is 6.61 Å². The molecule has 0 saturated heterocycles. The number of ether oxygens (including phenoxy) is 1. The van der Waals surface area contributed by atoms with E-state index >= 15 is 0 Å². The fourth-order valence-electron chi connectivity index (χ4n) is 2.85. The summed E-state index contributed by atoms with van der Waals surface area (Å²) in [6.45, 7) is 1.15. The van der Waals surface area contributed by atoms with Crippen molar-refractivity contribution in [1.82, 2.24) is 9.78 Å². The molecule has 1 amide bonds. The van der Waals surface area contributed by atoms with Gasteiger partial charge in [0.15, 0.2) is 0 Å². The molecule has 0 unspecified atom stereocenters. The van der Waals surface area contributed by atoms with Crippen LogP contribution in [0.25, 0.3) is 0 Å². The summed E-state index contributed by atoms with van der Waals surface area (Å²) < 4.78 is 32.1. The molecular formula is C20H18BrF2N3O2. The number of carbonyl (C=O) groups excluding carboxylic acids is 1. The molecule has 0 spiro atoms. The molecule has 28 heavy (non-hydrogen) atoms. The Morgan fingerprint density at radius 2 is 1.93 bits per heavy atom. The summed E-state index contributed by atoms with van der Waals surface area (Å²) in [4.78, 5) is 12.7. The standard InChI is InChI=1S/C20H18BrF2N3O2/c1-12-18(13(2)26(25-12)11-14-6-4-3-5-7-14)24-19(27)16-10-15(21)8-9-17(16)28-20(22)23/h3-10,20H,11H2,1-2H3,(H,24,27). The minimum absolute atomic E-state index is 0.00397. The van der Waals surface area contributed by atoms with E-state index in [-0.39, 0.29) is 11.3 Å². The van der Waals surface area contributed by atoms with Crippen LogP contribution in [0.5, 0.6) is 5.75 Å². The lowest BCUT2D eigenvalue weighted by Crippen LogP contribution is -2.16. The highest BCUT2D eigenvalue weighted by Gasteiger charge is 2.20. The van der Waals surface area contributed by atoms with Crippen LogP contribution in [0.15, 0.2) is 53.0 Å². The van der Waals surface area contributed by atoms with Gasteiger partial charge in [0.2, 0.25) is 0 Å². The average molecular weight is 450 g/mol. The van der Waals surface area contributed by atoms with Crippen molar-refractivity contribution in [2.75, 3.05) is 5.32 Å². The minimum Gasteiger partial charge on any atom is -0.434 e. The van der Waals surface area contributed by atoms with Crippen molar-refractivity contribution < 1.29 is 18.3 Å². The lowest BCUT2D eigenvalue weighted by Gasteiger charge is -2.12. The van der Waals surface area contributed by atoms with Crippen LogP contribution in [-0.4, -0.2) is 22.3 Å². The second kappa shape index (κ2) is 8.52. The number of aryl methyl sites for hydroxylation is 1. The van der Waals surface area contributed by atoms with E-state index in [1.54, 1.807) is 11.6 Å². The molecule has 0 bridgehead atoms. The van der Waals surface area contributed by atoms with E-state index in [1.165, 1.54) is 18.2 Å². The number of hydrogen-bond donors (Lipinski definition) is 1. The molecule has 0 aliphatic rings. The first-order valence-electron chi connectivity index (χ1n) is 8.49. The lowest BCUT2D eigenvalue weighted by molar-refractivity contribution is -0.0501. The van der Waals surface area contributed by atoms with Crippen molar-refractivity contribution in [3.05, 3.63) is 75.5 Å². The van der Waals surface area contributed by atoms with E-state index in [1.807, 2.05) is 37.3 Å². The molecular weight excluding hydrogens is 432 g/mol. The molecule has 0 aliphatic heterocycles. The Morgan fingerprint density at radius 3 is 2.61 bits per heavy atom. The fraction of sp³-hybridized carbons (Fsp3) is 0.200. The Labute approximate surface area is 169 Å². The highest BCUT2D eigenvalue weighted by molar-refractivity contribution is 9.10. The zero-order chi connectivity index (χ0) is 20.3. The van der Waals surface area contributed by atoms with Crippen molar-refractivity contribution in [3.8, 4) is 5.75 Å². The number of alkyl halides is 2. The third kappa shape index (κ3) is 4.56. The quantitative estimate of drug-likeness (QED) is 0.564. The number of aromatic nitrogens is 2. The Bertz CT molecular complexity index is 991. The zero-order valence-electron chi connectivity index (χ0n) is 15.2. The number of benzene rings is 2. The highest BCUT2D eigenvalue weighted by Crippen LogP contribution is 2.27. The van der Waals surface area contributed by atoms with Crippen molar-refractivity contribution >= 4 is 27.5 Å². The number of carbonyl (C=O) groups is 1. The maximum absolute atomic E-state index is 12.7. The zero-order valence-corrected chi connectivity index (χ0v) is 16.8. The molecule has 0 radical (unpaired) electrons. The maximum atomic E-state index is 12.7. The predicted octanol–water partition coefficient (Wildman–Crippen LogP) is 5.16. The van der Waals surface area contributed by atoms with E-state index in [0.717, 1.165) is 11.3 Å². The number of nitrogens with zero attached hydrogens (tertiary/aromatic N) is 2. The number of nitrogens with one attached hydrogen (secondary N) is 1. The first-order valence-corrected chi connectivity index (χ1v) is 9.28. The first kappa shape index (κ1) is 20.0. The summed E-state index contributed by atoms with van der Waals surface area (Å²) in [6.07, 6.45) is 0. The van der Waals surface area contributed by atoms with Crippen LogP contribution < -0.4 is 10.1 Å². The number of halogens is 3. The molecule has 1 aromatic heterocycles. The summed E-state index contributed by atoms with van der Waals surface area (Å²) >= 11 is 3.25. The Kier molecular flexibility index (Phi) is 6.08. The summed E-state index contributed by atoms with van der Waals surface area (Å²) in [5.41, 5.74) is 3.02. The number of hydrogen-bond acceptors (Lipinski definition) is 3. The highest BCUT2D eigenvalue weighted by atomic mass is 79.9. The SMILES string of the molecule is Cc1nn(Cc2ccccc2)c(C)c1NC(=O)c1cc(Br)ccc1OC(F)F. The molecule has 0 aliphatic carbocycles. The van der Waals surface area contributed by atoms with E-state index in [9.17, 15) is 13.6 Å². The van der Waals surface area contributed by atoms with Gasteiger partial charge in [-0.25, -0.2) is 0 Å². The Balaban J connectivity index is 1.86. The van der Waals surface area contributed by atoms with Crippen molar-refractivity contribution in [1.29, 1.82) is 0 Å². The van der Waals surface area contributed by atoms with Crippen LogP contribution in [0.2, 0.25) is 0 Å². The normalized spacial score (nSPS) is 10.9. The van der Waals surface area contributed by atoms with Gasteiger partial charge in [-0.3, -0.25) is 9.48 Å². The number of rotatable bonds is 6. The molecule has 3 rings (SSSR count). The molecule has 146 valence electrons. The summed E-state index contributed by atoms with van der Waals surface area (Å²) in [5, 5.41) is 7.26. The molecule has 0 atom stereocenters. The largest absolute Gasteiger partial charge is 0.434 e. The molecule has 8 heteroatoms. The van der Waals surface area contributed by atoms with Crippen molar-refractivity contribution in [2.24, 2.45) is 0 Å². The van der Waals surface area contributed by atoms with Gasteiger partial charge in [0.05, 0.1) is 29.2 Å². The molecule has 1 heterocycles. The molecule has 5 nitrogen and oxygen atoms in total. The van der Waals surface area contributed by atoms with E-state index in [0.29, 0.717) is 22.4 Å². The van der Waals surface area contributed by atoms with Gasteiger partial charge in [-0.2, -0.15) is 13.9 Å². The summed E-state index contributed by atoms with van der Waals surface area (Å²) in [5.74, 6) is -0.745. The van der Waals surface area contributed by atoms with Gasteiger partial charge in [0, 0.05) is 4.47 Å². The van der Waals surface area contributed by atoms with Crippen LogP contribution in [0.3, 0.4) is 0 Å². The Hall–Kier alpha value is -2.74.